The fourth-order valence-electron chi connectivity index (χ4n) is 3.68. The summed E-state index contributed by atoms with van der Waals surface area (Å²) in [6.45, 7) is 6.89. The number of likely N-dealkylation sites (tertiary alicyclic amines) is 1. The maximum Gasteiger partial charge on any atom is 0.309 e. The summed E-state index contributed by atoms with van der Waals surface area (Å²) >= 11 is 0. The molecule has 3 nitrogen and oxygen atoms in total. The van der Waals surface area contributed by atoms with E-state index in [-0.39, 0.29) is 11.9 Å². The second kappa shape index (κ2) is 7.28. The second-order valence-corrected chi connectivity index (χ2v) is 6.15. The summed E-state index contributed by atoms with van der Waals surface area (Å²) in [5, 5.41) is 0. The molecule has 0 aromatic heterocycles. The van der Waals surface area contributed by atoms with Gasteiger partial charge in [-0.25, -0.2) is 0 Å². The predicted molar refractivity (Wildman–Crippen MR) is 77.0 cm³/mol. The van der Waals surface area contributed by atoms with Gasteiger partial charge in [-0.3, -0.25) is 4.79 Å². The number of ether oxygens (including phenoxy) is 1. The number of carbonyl (C=O) groups excluding carboxylic acids is 1. The van der Waals surface area contributed by atoms with Crippen molar-refractivity contribution < 1.29 is 9.53 Å². The topological polar surface area (TPSA) is 29.5 Å². The van der Waals surface area contributed by atoms with Crippen LogP contribution in [0.5, 0.6) is 0 Å². The van der Waals surface area contributed by atoms with Crippen LogP contribution < -0.4 is 0 Å². The van der Waals surface area contributed by atoms with Crippen LogP contribution in [0.4, 0.5) is 0 Å². The van der Waals surface area contributed by atoms with Crippen LogP contribution in [0, 0.1) is 11.8 Å². The van der Waals surface area contributed by atoms with E-state index >= 15 is 0 Å². The van der Waals surface area contributed by atoms with E-state index in [4.69, 9.17) is 4.74 Å². The van der Waals surface area contributed by atoms with E-state index in [0.717, 1.165) is 37.9 Å². The molecule has 0 bridgehead atoms. The summed E-state index contributed by atoms with van der Waals surface area (Å²) in [4.78, 5) is 14.3. The van der Waals surface area contributed by atoms with Gasteiger partial charge in [0.15, 0.2) is 0 Å². The first-order chi connectivity index (χ1) is 9.24. The molecule has 0 amide bonds. The SMILES string of the molecule is CCOC(=O)C1CCN(C2CCC(CC)CC2)CC1. The maximum absolute atomic E-state index is 11.7. The summed E-state index contributed by atoms with van der Waals surface area (Å²) in [5.74, 6) is 1.15. The molecular formula is C16H29NO2. The molecule has 0 radical (unpaired) electrons. The zero-order valence-electron chi connectivity index (χ0n) is 12.6. The van der Waals surface area contributed by atoms with E-state index in [0.29, 0.717) is 6.61 Å². The summed E-state index contributed by atoms with van der Waals surface area (Å²) in [7, 11) is 0. The maximum atomic E-state index is 11.7. The standard InChI is InChI=1S/C16H29NO2/c1-3-13-5-7-15(8-6-13)17-11-9-14(10-12-17)16(18)19-4-2/h13-15H,3-12H2,1-2H3. The van der Waals surface area contributed by atoms with Gasteiger partial charge >= 0.3 is 5.97 Å². The van der Waals surface area contributed by atoms with Crippen LogP contribution in [-0.4, -0.2) is 36.6 Å². The molecule has 0 atom stereocenters. The number of hydrogen-bond acceptors (Lipinski definition) is 3. The highest BCUT2D eigenvalue weighted by Crippen LogP contribution is 2.31. The lowest BCUT2D eigenvalue weighted by molar-refractivity contribution is -0.149. The second-order valence-electron chi connectivity index (χ2n) is 6.15. The van der Waals surface area contributed by atoms with Gasteiger partial charge in [-0.05, 0) is 64.5 Å². The van der Waals surface area contributed by atoms with Crippen molar-refractivity contribution in [3.63, 3.8) is 0 Å². The van der Waals surface area contributed by atoms with Crippen molar-refractivity contribution in [1.29, 1.82) is 0 Å². The number of nitrogens with zero attached hydrogens (tertiary/aromatic N) is 1. The number of carbonyl (C=O) groups is 1. The van der Waals surface area contributed by atoms with Gasteiger partial charge in [-0.1, -0.05) is 13.3 Å². The van der Waals surface area contributed by atoms with Crippen LogP contribution >= 0.6 is 0 Å². The first-order valence-corrected chi connectivity index (χ1v) is 8.15. The fourth-order valence-corrected chi connectivity index (χ4v) is 3.68. The van der Waals surface area contributed by atoms with Gasteiger partial charge in [-0.2, -0.15) is 0 Å². The monoisotopic (exact) mass is 267 g/mol. The predicted octanol–water partition coefficient (Wildman–Crippen LogP) is 3.23. The van der Waals surface area contributed by atoms with E-state index in [2.05, 4.69) is 11.8 Å². The molecule has 3 heteroatoms. The van der Waals surface area contributed by atoms with Gasteiger partial charge in [0.25, 0.3) is 0 Å². The third kappa shape index (κ3) is 3.95. The Kier molecular flexibility index (Phi) is 5.68. The smallest absolute Gasteiger partial charge is 0.309 e. The lowest BCUT2D eigenvalue weighted by Gasteiger charge is -2.40. The van der Waals surface area contributed by atoms with Gasteiger partial charge in [0.05, 0.1) is 12.5 Å². The highest BCUT2D eigenvalue weighted by atomic mass is 16.5. The molecule has 1 heterocycles. The van der Waals surface area contributed by atoms with Crippen molar-refractivity contribution >= 4 is 5.97 Å². The third-order valence-corrected chi connectivity index (χ3v) is 5.06. The average Bonchev–Trinajstić information content (AvgIpc) is 2.48. The minimum absolute atomic E-state index is 0.0249. The highest BCUT2D eigenvalue weighted by molar-refractivity contribution is 5.72. The first kappa shape index (κ1) is 14.8. The number of esters is 1. The minimum atomic E-state index is 0.0249. The van der Waals surface area contributed by atoms with E-state index in [1.54, 1.807) is 0 Å². The van der Waals surface area contributed by atoms with E-state index in [1.807, 2.05) is 6.92 Å². The molecule has 1 saturated heterocycles. The molecule has 110 valence electrons. The Morgan fingerprint density at radius 1 is 1.05 bits per heavy atom. The van der Waals surface area contributed by atoms with Gasteiger partial charge < -0.3 is 9.64 Å². The quantitative estimate of drug-likeness (QED) is 0.732. The zero-order valence-corrected chi connectivity index (χ0v) is 12.6. The molecule has 2 fully saturated rings. The Morgan fingerprint density at radius 2 is 1.68 bits per heavy atom. The molecule has 2 aliphatic rings. The summed E-state index contributed by atoms with van der Waals surface area (Å²) < 4.78 is 5.13. The van der Waals surface area contributed by atoms with Gasteiger partial charge in [-0.15, -0.1) is 0 Å². The highest BCUT2D eigenvalue weighted by Gasteiger charge is 2.31. The normalized spacial score (nSPS) is 30.2. The van der Waals surface area contributed by atoms with Crippen molar-refractivity contribution in [1.82, 2.24) is 4.90 Å². The Hall–Kier alpha value is -0.570. The number of hydrogen-bond donors (Lipinski definition) is 0. The van der Waals surface area contributed by atoms with Crippen LogP contribution in [0.2, 0.25) is 0 Å². The molecule has 1 saturated carbocycles. The van der Waals surface area contributed by atoms with Crippen LogP contribution in [0.25, 0.3) is 0 Å². The molecule has 0 unspecified atom stereocenters. The van der Waals surface area contributed by atoms with Crippen molar-refractivity contribution in [2.45, 2.75) is 64.8 Å². The van der Waals surface area contributed by atoms with E-state index in [9.17, 15) is 4.79 Å². The van der Waals surface area contributed by atoms with Crippen LogP contribution in [0.1, 0.15) is 58.8 Å². The molecular weight excluding hydrogens is 238 g/mol. The number of piperidine rings is 1. The van der Waals surface area contributed by atoms with Crippen molar-refractivity contribution in [2.24, 2.45) is 11.8 Å². The number of rotatable bonds is 4. The lowest BCUT2D eigenvalue weighted by atomic mass is 9.83. The van der Waals surface area contributed by atoms with Crippen molar-refractivity contribution in [3.05, 3.63) is 0 Å². The molecule has 0 aromatic rings. The van der Waals surface area contributed by atoms with Crippen LogP contribution in [0.15, 0.2) is 0 Å². The van der Waals surface area contributed by atoms with Crippen molar-refractivity contribution in [2.75, 3.05) is 19.7 Å². The van der Waals surface area contributed by atoms with E-state index in [1.165, 1.54) is 32.1 Å². The third-order valence-electron chi connectivity index (χ3n) is 5.06. The van der Waals surface area contributed by atoms with Crippen molar-refractivity contribution in [3.8, 4) is 0 Å². The molecule has 0 N–H and O–H groups in total. The average molecular weight is 267 g/mol. The van der Waals surface area contributed by atoms with Crippen LogP contribution in [-0.2, 0) is 9.53 Å². The largest absolute Gasteiger partial charge is 0.466 e. The summed E-state index contributed by atoms with van der Waals surface area (Å²) in [5.41, 5.74) is 0. The van der Waals surface area contributed by atoms with E-state index < -0.39 is 0 Å². The summed E-state index contributed by atoms with van der Waals surface area (Å²) in [6.07, 6.45) is 8.86. The Labute approximate surface area is 117 Å². The van der Waals surface area contributed by atoms with Gasteiger partial charge in [0.1, 0.15) is 0 Å². The minimum Gasteiger partial charge on any atom is -0.466 e. The Balaban J connectivity index is 1.73. The van der Waals surface area contributed by atoms with Gasteiger partial charge in [0, 0.05) is 6.04 Å². The lowest BCUT2D eigenvalue weighted by Crippen LogP contribution is -2.44. The molecule has 1 aliphatic carbocycles. The molecule has 19 heavy (non-hydrogen) atoms. The first-order valence-electron chi connectivity index (χ1n) is 8.15. The Morgan fingerprint density at radius 3 is 2.21 bits per heavy atom. The van der Waals surface area contributed by atoms with Gasteiger partial charge in [0.2, 0.25) is 0 Å². The van der Waals surface area contributed by atoms with Crippen LogP contribution in [0.3, 0.4) is 0 Å². The molecule has 1 aliphatic heterocycles. The fraction of sp³-hybridized carbons (Fsp3) is 0.938. The molecule has 0 aromatic carbocycles. The molecule has 2 rings (SSSR count). The Bertz CT molecular complexity index is 276. The zero-order chi connectivity index (χ0) is 13.7. The summed E-state index contributed by atoms with van der Waals surface area (Å²) in [6, 6.07) is 0.783. The molecule has 0 spiro atoms.